The fourth-order valence-electron chi connectivity index (χ4n) is 2.07. The van der Waals surface area contributed by atoms with E-state index in [9.17, 15) is 4.79 Å². The molecule has 7 heteroatoms. The largest absolute Gasteiger partial charge is 0.481 e. The second kappa shape index (κ2) is 5.99. The molecule has 2 aromatic heterocycles. The maximum atomic E-state index is 11.1. The lowest BCUT2D eigenvalue weighted by atomic mass is 10.1. The molecule has 1 N–H and O–H groups in total. The van der Waals surface area contributed by atoms with Crippen LogP contribution in [0.4, 0.5) is 5.82 Å². The van der Waals surface area contributed by atoms with Crippen molar-refractivity contribution in [3.63, 3.8) is 0 Å². The molecular weight excluding hydrogens is 274 g/mol. The molecule has 7 nitrogen and oxygen atoms in total. The van der Waals surface area contributed by atoms with Crippen molar-refractivity contribution in [2.75, 3.05) is 11.4 Å². The SMILES string of the molecule is Cc1cc(N(Cc2c(C)noc2C)CC(C)C(=O)O)no1. The van der Waals surface area contributed by atoms with Crippen LogP contribution in [0.25, 0.3) is 0 Å². The number of aryl methyl sites for hydroxylation is 3. The second-order valence-electron chi connectivity index (χ2n) is 5.22. The van der Waals surface area contributed by atoms with E-state index < -0.39 is 11.9 Å². The van der Waals surface area contributed by atoms with E-state index in [2.05, 4.69) is 10.3 Å². The summed E-state index contributed by atoms with van der Waals surface area (Å²) < 4.78 is 10.2. The van der Waals surface area contributed by atoms with Gasteiger partial charge in [-0.15, -0.1) is 0 Å². The molecule has 0 saturated heterocycles. The van der Waals surface area contributed by atoms with Gasteiger partial charge in [-0.25, -0.2) is 0 Å². The van der Waals surface area contributed by atoms with Gasteiger partial charge in [-0.3, -0.25) is 4.79 Å². The Morgan fingerprint density at radius 3 is 2.52 bits per heavy atom. The second-order valence-corrected chi connectivity index (χ2v) is 5.22. The summed E-state index contributed by atoms with van der Waals surface area (Å²) in [6, 6.07) is 1.78. The van der Waals surface area contributed by atoms with Crippen LogP contribution < -0.4 is 4.90 Å². The number of anilines is 1. The number of hydrogen-bond donors (Lipinski definition) is 1. The van der Waals surface area contributed by atoms with Gasteiger partial charge in [-0.2, -0.15) is 0 Å². The Balaban J connectivity index is 2.25. The lowest BCUT2D eigenvalue weighted by Gasteiger charge is -2.23. The number of carboxylic acid groups (broad SMARTS) is 1. The van der Waals surface area contributed by atoms with Crippen LogP contribution in [0.2, 0.25) is 0 Å². The summed E-state index contributed by atoms with van der Waals surface area (Å²) in [6.07, 6.45) is 0. The van der Waals surface area contributed by atoms with Crippen molar-refractivity contribution in [1.29, 1.82) is 0 Å². The molecule has 0 aliphatic heterocycles. The van der Waals surface area contributed by atoms with Crippen molar-refractivity contribution in [2.24, 2.45) is 5.92 Å². The lowest BCUT2D eigenvalue weighted by Crippen LogP contribution is -2.32. The Morgan fingerprint density at radius 2 is 2.05 bits per heavy atom. The zero-order valence-corrected chi connectivity index (χ0v) is 12.6. The topological polar surface area (TPSA) is 92.6 Å². The number of rotatable bonds is 6. The van der Waals surface area contributed by atoms with E-state index in [0.29, 0.717) is 24.7 Å². The first-order valence-electron chi connectivity index (χ1n) is 6.71. The normalized spacial score (nSPS) is 12.4. The van der Waals surface area contributed by atoms with Crippen LogP contribution in [0.3, 0.4) is 0 Å². The van der Waals surface area contributed by atoms with E-state index >= 15 is 0 Å². The first-order chi connectivity index (χ1) is 9.88. The Labute approximate surface area is 122 Å². The lowest BCUT2D eigenvalue weighted by molar-refractivity contribution is -0.140. The minimum atomic E-state index is -0.848. The first-order valence-corrected chi connectivity index (χ1v) is 6.71. The van der Waals surface area contributed by atoms with Gasteiger partial charge in [0.05, 0.1) is 11.6 Å². The summed E-state index contributed by atoms with van der Waals surface area (Å²) >= 11 is 0. The number of hydrogen-bond acceptors (Lipinski definition) is 6. The van der Waals surface area contributed by atoms with Gasteiger partial charge >= 0.3 is 5.97 Å². The molecule has 21 heavy (non-hydrogen) atoms. The van der Waals surface area contributed by atoms with Gasteiger partial charge in [-0.1, -0.05) is 17.2 Å². The van der Waals surface area contributed by atoms with E-state index in [-0.39, 0.29) is 0 Å². The summed E-state index contributed by atoms with van der Waals surface area (Å²) in [6.45, 7) is 7.96. The highest BCUT2D eigenvalue weighted by Gasteiger charge is 2.22. The Morgan fingerprint density at radius 1 is 1.33 bits per heavy atom. The molecule has 1 atom stereocenters. The molecule has 1 unspecified atom stereocenters. The predicted octanol–water partition coefficient (Wildman–Crippen LogP) is 2.32. The van der Waals surface area contributed by atoms with E-state index in [1.54, 1.807) is 19.9 Å². The molecular formula is C14H19N3O4. The molecule has 0 amide bonds. The Bertz CT molecular complexity index is 612. The highest BCUT2D eigenvalue weighted by molar-refractivity contribution is 5.70. The van der Waals surface area contributed by atoms with Gasteiger partial charge in [-0.05, 0) is 20.8 Å². The molecule has 0 fully saturated rings. The fraction of sp³-hybridized carbons (Fsp3) is 0.500. The van der Waals surface area contributed by atoms with E-state index in [1.165, 1.54) is 0 Å². The molecule has 114 valence electrons. The molecule has 2 rings (SSSR count). The Hall–Kier alpha value is -2.31. The molecule has 0 bridgehead atoms. The zero-order valence-electron chi connectivity index (χ0n) is 12.6. The molecule has 0 aromatic carbocycles. The minimum Gasteiger partial charge on any atom is -0.481 e. The van der Waals surface area contributed by atoms with Gasteiger partial charge in [0, 0.05) is 24.7 Å². The minimum absolute atomic E-state index is 0.325. The standard InChI is InChI=1S/C14H19N3O4/c1-8(14(18)19)6-17(13-5-9(2)20-16-13)7-12-10(3)15-21-11(12)4/h5,8H,6-7H2,1-4H3,(H,18,19). The number of aromatic nitrogens is 2. The summed E-state index contributed by atoms with van der Waals surface area (Å²) in [5.74, 6) is 0.638. The van der Waals surface area contributed by atoms with Crippen molar-refractivity contribution >= 4 is 11.8 Å². The van der Waals surface area contributed by atoms with Crippen molar-refractivity contribution in [3.05, 3.63) is 28.8 Å². The van der Waals surface area contributed by atoms with Crippen LogP contribution in [0.1, 0.15) is 29.7 Å². The molecule has 2 aromatic rings. The van der Waals surface area contributed by atoms with Gasteiger partial charge < -0.3 is 19.1 Å². The average molecular weight is 293 g/mol. The first kappa shape index (κ1) is 15.1. The third-order valence-corrected chi connectivity index (χ3v) is 3.39. The highest BCUT2D eigenvalue weighted by Crippen LogP contribution is 2.22. The van der Waals surface area contributed by atoms with E-state index in [0.717, 1.165) is 17.0 Å². The monoisotopic (exact) mass is 293 g/mol. The molecule has 0 aliphatic rings. The summed E-state index contributed by atoms with van der Waals surface area (Å²) in [5, 5.41) is 17.0. The van der Waals surface area contributed by atoms with Crippen molar-refractivity contribution in [2.45, 2.75) is 34.2 Å². The molecule has 0 saturated carbocycles. The third-order valence-electron chi connectivity index (χ3n) is 3.39. The number of aliphatic carboxylic acids is 1. The quantitative estimate of drug-likeness (QED) is 0.873. The summed E-state index contributed by atoms with van der Waals surface area (Å²) in [4.78, 5) is 13.0. The number of nitrogens with zero attached hydrogens (tertiary/aromatic N) is 3. The summed E-state index contributed by atoms with van der Waals surface area (Å²) in [7, 11) is 0. The Kier molecular flexibility index (Phi) is 4.30. The van der Waals surface area contributed by atoms with Crippen LogP contribution in [0, 0.1) is 26.7 Å². The molecule has 0 aliphatic carbocycles. The van der Waals surface area contributed by atoms with Gasteiger partial charge in [0.2, 0.25) is 0 Å². The van der Waals surface area contributed by atoms with Crippen molar-refractivity contribution in [3.8, 4) is 0 Å². The average Bonchev–Trinajstić information content (AvgIpc) is 2.98. The van der Waals surface area contributed by atoms with Gasteiger partial charge in [0.15, 0.2) is 5.82 Å². The maximum absolute atomic E-state index is 11.1. The van der Waals surface area contributed by atoms with Gasteiger partial charge in [0.1, 0.15) is 11.5 Å². The fourth-order valence-corrected chi connectivity index (χ4v) is 2.07. The molecule has 0 spiro atoms. The summed E-state index contributed by atoms with van der Waals surface area (Å²) in [5.41, 5.74) is 1.73. The third kappa shape index (κ3) is 3.42. The van der Waals surface area contributed by atoms with Crippen LogP contribution in [-0.2, 0) is 11.3 Å². The zero-order chi connectivity index (χ0) is 15.6. The molecule has 0 radical (unpaired) electrons. The highest BCUT2D eigenvalue weighted by atomic mass is 16.5. The molecule has 2 heterocycles. The smallest absolute Gasteiger partial charge is 0.308 e. The van der Waals surface area contributed by atoms with E-state index in [1.807, 2.05) is 18.7 Å². The predicted molar refractivity (Wildman–Crippen MR) is 75.1 cm³/mol. The van der Waals surface area contributed by atoms with Crippen LogP contribution in [-0.4, -0.2) is 27.9 Å². The van der Waals surface area contributed by atoms with Crippen LogP contribution in [0.5, 0.6) is 0 Å². The van der Waals surface area contributed by atoms with Crippen molar-refractivity contribution < 1.29 is 18.9 Å². The maximum Gasteiger partial charge on any atom is 0.308 e. The number of carboxylic acids is 1. The van der Waals surface area contributed by atoms with Gasteiger partial charge in [0.25, 0.3) is 0 Å². The van der Waals surface area contributed by atoms with Crippen molar-refractivity contribution in [1.82, 2.24) is 10.3 Å². The van der Waals surface area contributed by atoms with Crippen LogP contribution >= 0.6 is 0 Å². The number of carbonyl (C=O) groups is 1. The van der Waals surface area contributed by atoms with Crippen LogP contribution in [0.15, 0.2) is 15.1 Å². The van der Waals surface area contributed by atoms with E-state index in [4.69, 9.17) is 14.2 Å².